The van der Waals surface area contributed by atoms with E-state index >= 15 is 0 Å². The van der Waals surface area contributed by atoms with Gasteiger partial charge in [0.15, 0.2) is 11.6 Å². The standard InChI is InChI=1S/C21H30N4O3/c1-7-17-23-19(28-24-17)11-22-18(27)8-14-13(4)25(12(2)3)15-9-21(5,6)10-16(26)20(14)15/h12H,7-11H2,1-6H3,(H,22,27). The predicted molar refractivity (Wildman–Crippen MR) is 105 cm³/mol. The highest BCUT2D eigenvalue weighted by Crippen LogP contribution is 2.40. The van der Waals surface area contributed by atoms with Crippen molar-refractivity contribution in [3.05, 3.63) is 34.2 Å². The molecule has 1 aliphatic rings. The Morgan fingerprint density at radius 2 is 2.04 bits per heavy atom. The van der Waals surface area contributed by atoms with Gasteiger partial charge < -0.3 is 14.4 Å². The van der Waals surface area contributed by atoms with Crippen molar-refractivity contribution < 1.29 is 14.1 Å². The topological polar surface area (TPSA) is 90.0 Å². The maximum Gasteiger partial charge on any atom is 0.246 e. The molecule has 3 rings (SSSR count). The molecule has 2 aromatic heterocycles. The first-order chi connectivity index (χ1) is 13.1. The van der Waals surface area contributed by atoms with E-state index in [1.165, 1.54) is 0 Å². The third-order valence-electron chi connectivity index (χ3n) is 5.36. The molecule has 0 saturated heterocycles. The molecule has 0 unspecified atom stereocenters. The third kappa shape index (κ3) is 3.88. The number of aromatic nitrogens is 3. The molecule has 28 heavy (non-hydrogen) atoms. The molecule has 0 saturated carbocycles. The van der Waals surface area contributed by atoms with Gasteiger partial charge >= 0.3 is 0 Å². The summed E-state index contributed by atoms with van der Waals surface area (Å²) in [5, 5.41) is 6.66. The van der Waals surface area contributed by atoms with Crippen LogP contribution in [0.2, 0.25) is 0 Å². The molecule has 0 aliphatic heterocycles. The fraction of sp³-hybridized carbons (Fsp3) is 0.619. The average Bonchev–Trinajstić information content (AvgIpc) is 3.15. The molecule has 0 bridgehead atoms. The highest BCUT2D eigenvalue weighted by molar-refractivity contribution is 6.01. The molecule has 152 valence electrons. The van der Waals surface area contributed by atoms with Crippen molar-refractivity contribution in [2.75, 3.05) is 0 Å². The van der Waals surface area contributed by atoms with Gasteiger partial charge in [0, 0.05) is 35.8 Å². The van der Waals surface area contributed by atoms with E-state index in [4.69, 9.17) is 4.52 Å². The van der Waals surface area contributed by atoms with Gasteiger partial charge in [-0.1, -0.05) is 25.9 Å². The second-order valence-corrected chi connectivity index (χ2v) is 8.70. The van der Waals surface area contributed by atoms with Crippen LogP contribution in [-0.2, 0) is 30.6 Å². The molecule has 7 heteroatoms. The highest BCUT2D eigenvalue weighted by atomic mass is 16.5. The smallest absolute Gasteiger partial charge is 0.246 e. The Morgan fingerprint density at radius 1 is 1.32 bits per heavy atom. The van der Waals surface area contributed by atoms with Crippen molar-refractivity contribution in [3.8, 4) is 0 Å². The Labute approximate surface area is 165 Å². The van der Waals surface area contributed by atoms with Crippen molar-refractivity contribution in [1.29, 1.82) is 0 Å². The Balaban J connectivity index is 1.83. The number of fused-ring (bicyclic) bond motifs is 1. The SMILES string of the molecule is CCc1noc(CNC(=O)Cc2c3c(n(C(C)C)c2C)CC(C)(C)CC3=O)n1. The number of hydrogen-bond donors (Lipinski definition) is 1. The number of nitrogens with one attached hydrogen (secondary N) is 1. The zero-order valence-corrected chi connectivity index (χ0v) is 17.7. The van der Waals surface area contributed by atoms with Crippen molar-refractivity contribution in [1.82, 2.24) is 20.0 Å². The van der Waals surface area contributed by atoms with Gasteiger partial charge in [0.1, 0.15) is 0 Å². The maximum absolute atomic E-state index is 12.9. The van der Waals surface area contributed by atoms with Gasteiger partial charge in [0.25, 0.3) is 0 Å². The first kappa shape index (κ1) is 20.3. The molecule has 0 spiro atoms. The van der Waals surface area contributed by atoms with Gasteiger partial charge in [-0.2, -0.15) is 4.98 Å². The van der Waals surface area contributed by atoms with Gasteiger partial charge in [-0.05, 0) is 38.2 Å². The molecule has 0 aromatic carbocycles. The predicted octanol–water partition coefficient (Wildman–Crippen LogP) is 3.34. The van der Waals surface area contributed by atoms with E-state index in [1.54, 1.807) is 0 Å². The summed E-state index contributed by atoms with van der Waals surface area (Å²) >= 11 is 0. The van der Waals surface area contributed by atoms with E-state index in [0.29, 0.717) is 24.6 Å². The lowest BCUT2D eigenvalue weighted by atomic mass is 9.75. The molecular weight excluding hydrogens is 356 g/mol. The number of Topliss-reactive ketones (excluding diaryl/α,β-unsaturated/α-hetero) is 1. The molecule has 2 heterocycles. The van der Waals surface area contributed by atoms with Crippen LogP contribution in [0.4, 0.5) is 0 Å². The highest BCUT2D eigenvalue weighted by Gasteiger charge is 2.37. The van der Waals surface area contributed by atoms with Crippen LogP contribution >= 0.6 is 0 Å². The molecule has 2 aromatic rings. The second kappa shape index (κ2) is 7.53. The number of rotatable bonds is 6. The summed E-state index contributed by atoms with van der Waals surface area (Å²) < 4.78 is 7.34. The molecule has 7 nitrogen and oxygen atoms in total. The summed E-state index contributed by atoms with van der Waals surface area (Å²) in [5.41, 5.74) is 3.62. The minimum absolute atomic E-state index is 0.0595. The van der Waals surface area contributed by atoms with Crippen LogP contribution < -0.4 is 5.32 Å². The average molecular weight is 386 g/mol. The van der Waals surface area contributed by atoms with E-state index in [2.05, 4.69) is 47.7 Å². The minimum atomic E-state index is -0.152. The van der Waals surface area contributed by atoms with Gasteiger partial charge in [-0.3, -0.25) is 9.59 Å². The fourth-order valence-electron chi connectivity index (χ4n) is 4.18. The van der Waals surface area contributed by atoms with Crippen molar-refractivity contribution >= 4 is 11.7 Å². The summed E-state index contributed by atoms with van der Waals surface area (Å²) in [6.07, 6.45) is 2.22. The molecule has 0 radical (unpaired) electrons. The molecule has 1 amide bonds. The van der Waals surface area contributed by atoms with E-state index < -0.39 is 0 Å². The summed E-state index contributed by atoms with van der Waals surface area (Å²) in [6.45, 7) is 12.6. The van der Waals surface area contributed by atoms with Crippen LogP contribution in [0, 0.1) is 12.3 Å². The van der Waals surface area contributed by atoms with Crippen LogP contribution in [0.25, 0.3) is 0 Å². The number of hydrogen-bond acceptors (Lipinski definition) is 5. The Kier molecular flexibility index (Phi) is 5.46. The van der Waals surface area contributed by atoms with Crippen LogP contribution in [0.15, 0.2) is 4.52 Å². The van der Waals surface area contributed by atoms with E-state index in [1.807, 2.05) is 13.8 Å². The van der Waals surface area contributed by atoms with E-state index in [9.17, 15) is 9.59 Å². The van der Waals surface area contributed by atoms with Crippen molar-refractivity contribution in [3.63, 3.8) is 0 Å². The van der Waals surface area contributed by atoms with Gasteiger partial charge in [0.05, 0.1) is 13.0 Å². The third-order valence-corrected chi connectivity index (χ3v) is 5.36. The summed E-state index contributed by atoms with van der Waals surface area (Å²) in [7, 11) is 0. The quantitative estimate of drug-likeness (QED) is 0.822. The molecular formula is C21H30N4O3. The van der Waals surface area contributed by atoms with Gasteiger partial charge in [-0.25, -0.2) is 0 Å². The lowest BCUT2D eigenvalue weighted by molar-refractivity contribution is -0.120. The Morgan fingerprint density at radius 3 is 2.64 bits per heavy atom. The molecule has 0 fully saturated rings. The zero-order chi connectivity index (χ0) is 20.6. The van der Waals surface area contributed by atoms with Crippen LogP contribution in [0.1, 0.15) is 86.1 Å². The Bertz CT molecular complexity index is 905. The Hall–Kier alpha value is -2.44. The lowest BCUT2D eigenvalue weighted by Crippen LogP contribution is -2.29. The number of aryl methyl sites for hydroxylation is 1. The van der Waals surface area contributed by atoms with Crippen molar-refractivity contribution in [2.45, 2.75) is 79.8 Å². The fourth-order valence-corrected chi connectivity index (χ4v) is 4.18. The molecule has 0 atom stereocenters. The first-order valence-corrected chi connectivity index (χ1v) is 9.96. The number of carbonyl (C=O) groups is 2. The maximum atomic E-state index is 12.9. The number of amides is 1. The van der Waals surface area contributed by atoms with E-state index in [-0.39, 0.29) is 36.1 Å². The van der Waals surface area contributed by atoms with Gasteiger partial charge in [-0.15, -0.1) is 0 Å². The first-order valence-electron chi connectivity index (χ1n) is 9.96. The number of nitrogens with zero attached hydrogens (tertiary/aromatic N) is 3. The minimum Gasteiger partial charge on any atom is -0.347 e. The summed E-state index contributed by atoms with van der Waals surface area (Å²) in [5.74, 6) is 1.000. The monoisotopic (exact) mass is 386 g/mol. The molecule has 1 aliphatic carbocycles. The van der Waals surface area contributed by atoms with Crippen LogP contribution in [0.3, 0.4) is 0 Å². The second-order valence-electron chi connectivity index (χ2n) is 8.70. The normalized spacial score (nSPS) is 15.8. The summed E-state index contributed by atoms with van der Waals surface area (Å²) in [4.78, 5) is 29.7. The number of ketones is 1. The van der Waals surface area contributed by atoms with Crippen LogP contribution in [0.5, 0.6) is 0 Å². The van der Waals surface area contributed by atoms with Crippen LogP contribution in [-0.4, -0.2) is 26.4 Å². The molecule has 1 N–H and O–H groups in total. The summed E-state index contributed by atoms with van der Waals surface area (Å²) in [6, 6.07) is 0.234. The number of carbonyl (C=O) groups excluding carboxylic acids is 2. The van der Waals surface area contributed by atoms with Crippen molar-refractivity contribution in [2.24, 2.45) is 5.41 Å². The van der Waals surface area contributed by atoms with E-state index in [0.717, 1.165) is 28.9 Å². The lowest BCUT2D eigenvalue weighted by Gasteiger charge is -2.31. The zero-order valence-electron chi connectivity index (χ0n) is 17.7. The van der Waals surface area contributed by atoms with Gasteiger partial charge in [0.2, 0.25) is 11.8 Å². The largest absolute Gasteiger partial charge is 0.347 e.